The number of hydrogen-bond donors (Lipinski definition) is 0. The van der Waals surface area contributed by atoms with Crippen LogP contribution in [0.25, 0.3) is 49.8 Å². The van der Waals surface area contributed by atoms with Gasteiger partial charge < -0.3 is 0 Å². The molecular formula is C33H23BrN2O. The van der Waals surface area contributed by atoms with Crippen LogP contribution >= 0.6 is 15.9 Å². The zero-order valence-electron chi connectivity index (χ0n) is 20.1. The summed E-state index contributed by atoms with van der Waals surface area (Å²) in [6.45, 7) is 0. The van der Waals surface area contributed by atoms with Gasteiger partial charge in [0, 0.05) is 5.39 Å². The van der Waals surface area contributed by atoms with Crippen molar-refractivity contribution < 1.29 is 0 Å². The summed E-state index contributed by atoms with van der Waals surface area (Å²) in [4.78, 5) is 14.2. The van der Waals surface area contributed by atoms with E-state index in [9.17, 15) is 4.79 Å². The van der Waals surface area contributed by atoms with Gasteiger partial charge in [0.2, 0.25) is 0 Å². The summed E-state index contributed by atoms with van der Waals surface area (Å²) in [7, 11) is 0. The third-order valence-electron chi connectivity index (χ3n) is 7.19. The highest BCUT2D eigenvalue weighted by molar-refractivity contribution is 9.10. The highest BCUT2D eigenvalue weighted by Gasteiger charge is 2.20. The molecule has 6 aromatic rings. The van der Waals surface area contributed by atoms with Crippen LogP contribution in [0.15, 0.2) is 125 Å². The standard InChI is InChI=1S/C33H23BrN2O/c34-31-27-15-7-9-17-29(27)36-30-18-10-8-16-28(30)33(37)35(32(31)36)26-20-24(22-11-3-1-4-12-22)19-25(21-26)23-13-5-2-6-14-23/h1,3-5,7-21H,2,6H2. The normalized spacial score (nSPS) is 13.5. The van der Waals surface area contributed by atoms with Crippen LogP contribution in [0.5, 0.6) is 0 Å². The number of benzene rings is 4. The summed E-state index contributed by atoms with van der Waals surface area (Å²) in [5.74, 6) is 0. The molecule has 0 spiro atoms. The monoisotopic (exact) mass is 542 g/mol. The van der Waals surface area contributed by atoms with E-state index >= 15 is 0 Å². The molecule has 0 atom stereocenters. The molecule has 2 aromatic heterocycles. The predicted octanol–water partition coefficient (Wildman–Crippen LogP) is 8.56. The SMILES string of the molecule is O=c1c2ccccc2n2c3ccccc3c(Br)c2n1-c1cc(C2=CCCC=C2)cc(-c2ccccc2)c1. The zero-order valence-corrected chi connectivity index (χ0v) is 21.7. The minimum Gasteiger partial charge on any atom is -0.294 e. The van der Waals surface area contributed by atoms with Gasteiger partial charge in [-0.25, -0.2) is 0 Å². The van der Waals surface area contributed by atoms with Crippen LogP contribution in [-0.4, -0.2) is 8.97 Å². The van der Waals surface area contributed by atoms with E-state index in [4.69, 9.17) is 0 Å². The van der Waals surface area contributed by atoms with E-state index in [0.29, 0.717) is 5.39 Å². The number of hydrogen-bond acceptors (Lipinski definition) is 1. The smallest absolute Gasteiger partial charge is 0.266 e. The summed E-state index contributed by atoms with van der Waals surface area (Å²) in [5, 5.41) is 1.76. The molecule has 0 aliphatic heterocycles. The molecule has 3 nitrogen and oxygen atoms in total. The van der Waals surface area contributed by atoms with E-state index in [2.05, 4.69) is 93.2 Å². The first-order chi connectivity index (χ1) is 18.2. The molecular weight excluding hydrogens is 520 g/mol. The van der Waals surface area contributed by atoms with Crippen molar-refractivity contribution in [1.82, 2.24) is 8.97 Å². The number of para-hydroxylation sites is 2. The molecule has 0 saturated heterocycles. The third kappa shape index (κ3) is 3.52. The van der Waals surface area contributed by atoms with E-state index in [1.54, 1.807) is 0 Å². The fourth-order valence-electron chi connectivity index (χ4n) is 5.47. The Balaban J connectivity index is 1.64. The van der Waals surface area contributed by atoms with Crippen LogP contribution in [0.1, 0.15) is 18.4 Å². The maximum absolute atomic E-state index is 14.2. The number of nitrogens with zero attached hydrogens (tertiary/aromatic N) is 2. The summed E-state index contributed by atoms with van der Waals surface area (Å²) in [6.07, 6.45) is 8.78. The van der Waals surface area contributed by atoms with Crippen LogP contribution in [0.2, 0.25) is 0 Å². The summed E-state index contributed by atoms with van der Waals surface area (Å²) < 4.78 is 4.98. The van der Waals surface area contributed by atoms with Crippen LogP contribution in [0.4, 0.5) is 0 Å². The van der Waals surface area contributed by atoms with Crippen LogP contribution in [0, 0.1) is 0 Å². The fraction of sp³-hybridized carbons (Fsp3) is 0.0606. The number of aromatic nitrogens is 2. The lowest BCUT2D eigenvalue weighted by atomic mass is 9.95. The Labute approximate surface area is 222 Å². The van der Waals surface area contributed by atoms with Crippen molar-refractivity contribution >= 4 is 49.0 Å². The molecule has 0 saturated carbocycles. The van der Waals surface area contributed by atoms with Crippen LogP contribution < -0.4 is 5.56 Å². The molecule has 1 aliphatic carbocycles. The van der Waals surface area contributed by atoms with Crippen molar-refractivity contribution in [1.29, 1.82) is 0 Å². The summed E-state index contributed by atoms with van der Waals surface area (Å²) in [6, 6.07) is 33.0. The van der Waals surface area contributed by atoms with Crippen molar-refractivity contribution in [2.24, 2.45) is 0 Å². The average Bonchev–Trinajstić information content (AvgIpc) is 3.26. The largest absolute Gasteiger partial charge is 0.294 e. The molecule has 0 bridgehead atoms. The Bertz CT molecular complexity index is 1960. The second kappa shape index (κ2) is 8.75. The molecule has 4 aromatic carbocycles. The van der Waals surface area contributed by atoms with Crippen molar-refractivity contribution in [3.05, 3.63) is 136 Å². The van der Waals surface area contributed by atoms with Gasteiger partial charge in [-0.2, -0.15) is 0 Å². The number of fused-ring (bicyclic) bond motifs is 5. The van der Waals surface area contributed by atoms with E-state index in [-0.39, 0.29) is 5.56 Å². The number of rotatable bonds is 3. The van der Waals surface area contributed by atoms with E-state index in [1.807, 2.05) is 47.0 Å². The van der Waals surface area contributed by atoms with Crippen LogP contribution in [0.3, 0.4) is 0 Å². The Kier molecular flexibility index (Phi) is 5.22. The molecule has 0 fully saturated rings. The van der Waals surface area contributed by atoms with E-state index < -0.39 is 0 Å². The topological polar surface area (TPSA) is 26.4 Å². The Morgan fingerprint density at radius 2 is 1.35 bits per heavy atom. The lowest BCUT2D eigenvalue weighted by Crippen LogP contribution is -2.21. The van der Waals surface area contributed by atoms with Gasteiger partial charge in [-0.05, 0) is 87.4 Å². The van der Waals surface area contributed by atoms with Crippen LogP contribution in [-0.2, 0) is 0 Å². The molecule has 0 unspecified atom stereocenters. The quantitative estimate of drug-likeness (QED) is 0.220. The predicted molar refractivity (Wildman–Crippen MR) is 157 cm³/mol. The Hall–Kier alpha value is -4.15. The molecule has 1 aliphatic rings. The molecule has 37 heavy (non-hydrogen) atoms. The lowest BCUT2D eigenvalue weighted by Gasteiger charge is -2.17. The van der Waals surface area contributed by atoms with Crippen molar-refractivity contribution in [3.63, 3.8) is 0 Å². The molecule has 0 radical (unpaired) electrons. The second-order valence-corrected chi connectivity index (χ2v) is 10.2. The molecule has 7 rings (SSSR count). The highest BCUT2D eigenvalue weighted by atomic mass is 79.9. The van der Waals surface area contributed by atoms with Gasteiger partial charge in [0.05, 0.1) is 26.6 Å². The Morgan fingerprint density at radius 1 is 0.676 bits per heavy atom. The highest BCUT2D eigenvalue weighted by Crippen LogP contribution is 2.36. The van der Waals surface area contributed by atoms with E-state index in [0.717, 1.165) is 61.8 Å². The first-order valence-corrected chi connectivity index (χ1v) is 13.3. The van der Waals surface area contributed by atoms with Crippen molar-refractivity contribution in [3.8, 4) is 16.8 Å². The van der Waals surface area contributed by atoms with Gasteiger partial charge in [0.15, 0.2) is 0 Å². The first kappa shape index (κ1) is 22.1. The first-order valence-electron chi connectivity index (χ1n) is 12.5. The minimum absolute atomic E-state index is 0.0315. The van der Waals surface area contributed by atoms with Gasteiger partial charge in [-0.1, -0.05) is 78.9 Å². The fourth-order valence-corrected chi connectivity index (χ4v) is 6.16. The van der Waals surface area contributed by atoms with Gasteiger partial charge >= 0.3 is 0 Å². The Morgan fingerprint density at radius 3 is 2.11 bits per heavy atom. The van der Waals surface area contributed by atoms with Gasteiger partial charge in [0.25, 0.3) is 5.56 Å². The number of halogens is 1. The molecule has 2 heterocycles. The van der Waals surface area contributed by atoms with Gasteiger partial charge in [0.1, 0.15) is 5.65 Å². The van der Waals surface area contributed by atoms with Gasteiger partial charge in [-0.15, -0.1) is 0 Å². The maximum atomic E-state index is 14.2. The lowest BCUT2D eigenvalue weighted by molar-refractivity contribution is 1.00. The van der Waals surface area contributed by atoms with Gasteiger partial charge in [-0.3, -0.25) is 13.8 Å². The molecule has 0 N–H and O–H groups in total. The maximum Gasteiger partial charge on any atom is 0.266 e. The average molecular weight is 543 g/mol. The van der Waals surface area contributed by atoms with Crippen molar-refractivity contribution in [2.75, 3.05) is 0 Å². The summed E-state index contributed by atoms with van der Waals surface area (Å²) in [5.41, 5.74) is 8.11. The zero-order chi connectivity index (χ0) is 24.9. The second-order valence-electron chi connectivity index (χ2n) is 9.42. The molecule has 0 amide bonds. The number of allylic oxidation sites excluding steroid dienone is 4. The summed E-state index contributed by atoms with van der Waals surface area (Å²) >= 11 is 3.88. The van der Waals surface area contributed by atoms with E-state index in [1.165, 1.54) is 5.57 Å². The van der Waals surface area contributed by atoms with Crippen molar-refractivity contribution in [2.45, 2.75) is 12.8 Å². The molecule has 178 valence electrons. The minimum atomic E-state index is -0.0315. The molecule has 4 heteroatoms. The third-order valence-corrected chi connectivity index (χ3v) is 7.97.